The molecule has 18 heavy (non-hydrogen) atoms. The molecule has 6 nitrogen and oxygen atoms in total. The van der Waals surface area contributed by atoms with Crippen LogP contribution in [0.25, 0.3) is 0 Å². The van der Waals surface area contributed by atoms with Crippen LogP contribution in [0.5, 0.6) is 0 Å². The van der Waals surface area contributed by atoms with Crippen molar-refractivity contribution in [1.29, 1.82) is 0 Å². The summed E-state index contributed by atoms with van der Waals surface area (Å²) in [5.41, 5.74) is 5.62. The van der Waals surface area contributed by atoms with Crippen molar-refractivity contribution in [2.24, 2.45) is 5.92 Å². The lowest BCUT2D eigenvalue weighted by molar-refractivity contribution is 0.479. The smallest absolute Gasteiger partial charge is 0.245 e. The molecule has 0 radical (unpaired) electrons. The minimum atomic E-state index is -3.55. The Morgan fingerprint density at radius 1 is 1.39 bits per heavy atom. The van der Waals surface area contributed by atoms with Crippen LogP contribution in [0.4, 0.5) is 5.82 Å². The van der Waals surface area contributed by atoms with Gasteiger partial charge in [-0.2, -0.15) is 5.10 Å². The molecule has 7 heteroatoms. The number of aryl methyl sites for hydroxylation is 1. The first kappa shape index (κ1) is 15.0. The Labute approximate surface area is 109 Å². The predicted molar refractivity (Wildman–Crippen MR) is 71.6 cm³/mol. The number of anilines is 1. The summed E-state index contributed by atoms with van der Waals surface area (Å²) in [5, 5.41) is 3.94. The number of rotatable bonds is 7. The van der Waals surface area contributed by atoms with Crippen LogP contribution in [-0.4, -0.2) is 24.7 Å². The fraction of sp³-hybridized carbons (Fsp3) is 0.727. The molecule has 0 aliphatic carbocycles. The highest BCUT2D eigenvalue weighted by Gasteiger charge is 2.21. The monoisotopic (exact) mass is 274 g/mol. The first-order chi connectivity index (χ1) is 8.44. The Kier molecular flexibility index (Phi) is 5.15. The molecule has 0 amide bonds. The van der Waals surface area contributed by atoms with Crippen molar-refractivity contribution in [1.82, 2.24) is 14.5 Å². The average molecular weight is 274 g/mol. The minimum absolute atomic E-state index is 0.0499. The van der Waals surface area contributed by atoms with Gasteiger partial charge in [0.05, 0.1) is 0 Å². The number of hydrogen-bond donors (Lipinski definition) is 2. The van der Waals surface area contributed by atoms with Crippen molar-refractivity contribution in [3.63, 3.8) is 0 Å². The van der Waals surface area contributed by atoms with Gasteiger partial charge in [0, 0.05) is 19.3 Å². The van der Waals surface area contributed by atoms with E-state index in [0.717, 1.165) is 12.8 Å². The quantitative estimate of drug-likeness (QED) is 0.781. The summed E-state index contributed by atoms with van der Waals surface area (Å²) in [6.07, 6.45) is 3.36. The van der Waals surface area contributed by atoms with E-state index in [0.29, 0.717) is 19.0 Å². The fourth-order valence-electron chi connectivity index (χ4n) is 1.67. The van der Waals surface area contributed by atoms with Gasteiger partial charge in [-0.3, -0.25) is 4.68 Å². The molecule has 0 saturated heterocycles. The topological polar surface area (TPSA) is 90.0 Å². The van der Waals surface area contributed by atoms with E-state index in [1.807, 2.05) is 20.8 Å². The second kappa shape index (κ2) is 6.19. The van der Waals surface area contributed by atoms with Gasteiger partial charge < -0.3 is 5.73 Å². The molecule has 0 aliphatic rings. The molecule has 0 saturated carbocycles. The van der Waals surface area contributed by atoms with Crippen LogP contribution < -0.4 is 10.5 Å². The summed E-state index contributed by atoms with van der Waals surface area (Å²) in [6.45, 7) is 7.00. The van der Waals surface area contributed by atoms with E-state index >= 15 is 0 Å². The first-order valence-corrected chi connectivity index (χ1v) is 7.75. The van der Waals surface area contributed by atoms with Crippen LogP contribution in [-0.2, 0) is 16.6 Å². The molecule has 0 spiro atoms. The van der Waals surface area contributed by atoms with Gasteiger partial charge in [0.1, 0.15) is 4.90 Å². The molecule has 1 heterocycles. The van der Waals surface area contributed by atoms with E-state index in [2.05, 4.69) is 9.82 Å². The van der Waals surface area contributed by atoms with Crippen molar-refractivity contribution in [2.75, 3.05) is 12.3 Å². The Morgan fingerprint density at radius 2 is 2.00 bits per heavy atom. The van der Waals surface area contributed by atoms with Gasteiger partial charge in [0.2, 0.25) is 10.0 Å². The molecular formula is C11H22N4O2S. The van der Waals surface area contributed by atoms with Gasteiger partial charge in [0.15, 0.2) is 5.82 Å². The number of nitrogens with two attached hydrogens (primary N) is 1. The summed E-state index contributed by atoms with van der Waals surface area (Å²) >= 11 is 0. The van der Waals surface area contributed by atoms with E-state index in [-0.39, 0.29) is 10.7 Å². The molecule has 0 unspecified atom stereocenters. The Hall–Kier alpha value is -1.08. The first-order valence-electron chi connectivity index (χ1n) is 6.27. The van der Waals surface area contributed by atoms with E-state index in [9.17, 15) is 8.42 Å². The highest BCUT2D eigenvalue weighted by molar-refractivity contribution is 7.89. The Balaban J connectivity index is 2.82. The fourth-order valence-corrected chi connectivity index (χ4v) is 2.86. The molecule has 1 aromatic rings. The highest BCUT2D eigenvalue weighted by Crippen LogP contribution is 2.16. The van der Waals surface area contributed by atoms with Crippen molar-refractivity contribution in [3.8, 4) is 0 Å². The SMILES string of the molecule is CCC(CC)CNS(=O)(=O)c1cn(CC)nc1N. The molecule has 0 bridgehead atoms. The van der Waals surface area contributed by atoms with Gasteiger partial charge in [0.25, 0.3) is 0 Å². The van der Waals surface area contributed by atoms with Crippen molar-refractivity contribution in [2.45, 2.75) is 45.1 Å². The maximum absolute atomic E-state index is 12.1. The van der Waals surface area contributed by atoms with Crippen LogP contribution in [0.2, 0.25) is 0 Å². The molecule has 0 atom stereocenters. The zero-order chi connectivity index (χ0) is 13.8. The Bertz CT molecular complexity index is 477. The standard InChI is InChI=1S/C11H22N4O2S/c1-4-9(5-2)7-13-18(16,17)10-8-15(6-3)14-11(10)12/h8-9,13H,4-7H2,1-3H3,(H2,12,14). The van der Waals surface area contributed by atoms with E-state index in [1.165, 1.54) is 10.9 Å². The summed E-state index contributed by atoms with van der Waals surface area (Å²) in [7, 11) is -3.55. The Morgan fingerprint density at radius 3 is 2.44 bits per heavy atom. The van der Waals surface area contributed by atoms with Crippen LogP contribution in [0.1, 0.15) is 33.6 Å². The predicted octanol–water partition coefficient (Wildman–Crippen LogP) is 1.20. The third kappa shape index (κ3) is 3.46. The molecule has 0 fully saturated rings. The second-order valence-corrected chi connectivity index (χ2v) is 6.00. The zero-order valence-electron chi connectivity index (χ0n) is 11.2. The molecular weight excluding hydrogens is 252 g/mol. The molecule has 104 valence electrons. The maximum Gasteiger partial charge on any atom is 0.245 e. The third-order valence-corrected chi connectivity index (χ3v) is 4.53. The van der Waals surface area contributed by atoms with Crippen LogP contribution in [0, 0.1) is 5.92 Å². The van der Waals surface area contributed by atoms with E-state index < -0.39 is 10.0 Å². The van der Waals surface area contributed by atoms with Crippen molar-refractivity contribution in [3.05, 3.63) is 6.20 Å². The summed E-state index contributed by atoms with van der Waals surface area (Å²) < 4.78 is 28.3. The average Bonchev–Trinajstić information content (AvgIpc) is 2.72. The lowest BCUT2D eigenvalue weighted by Gasteiger charge is -2.12. The van der Waals surface area contributed by atoms with Gasteiger partial charge in [-0.15, -0.1) is 0 Å². The van der Waals surface area contributed by atoms with Crippen LogP contribution >= 0.6 is 0 Å². The number of hydrogen-bond acceptors (Lipinski definition) is 4. The summed E-state index contributed by atoms with van der Waals surface area (Å²) in [5.74, 6) is 0.399. The number of nitrogen functional groups attached to an aromatic ring is 1. The maximum atomic E-state index is 12.1. The van der Waals surface area contributed by atoms with Gasteiger partial charge in [-0.05, 0) is 12.8 Å². The van der Waals surface area contributed by atoms with E-state index in [1.54, 1.807) is 0 Å². The number of aromatic nitrogens is 2. The molecule has 0 aromatic carbocycles. The van der Waals surface area contributed by atoms with Crippen LogP contribution in [0.15, 0.2) is 11.1 Å². The normalized spacial score (nSPS) is 12.2. The summed E-state index contributed by atoms with van der Waals surface area (Å²) in [4.78, 5) is 0.0651. The van der Waals surface area contributed by atoms with Gasteiger partial charge in [-0.25, -0.2) is 13.1 Å². The third-order valence-electron chi connectivity index (χ3n) is 3.09. The van der Waals surface area contributed by atoms with Crippen molar-refractivity contribution >= 4 is 15.8 Å². The highest BCUT2D eigenvalue weighted by atomic mass is 32.2. The lowest BCUT2D eigenvalue weighted by atomic mass is 10.0. The molecule has 1 rings (SSSR count). The van der Waals surface area contributed by atoms with Gasteiger partial charge in [-0.1, -0.05) is 26.7 Å². The largest absolute Gasteiger partial charge is 0.381 e. The minimum Gasteiger partial charge on any atom is -0.381 e. The zero-order valence-corrected chi connectivity index (χ0v) is 12.0. The number of sulfonamides is 1. The van der Waals surface area contributed by atoms with Crippen molar-refractivity contribution < 1.29 is 8.42 Å². The number of nitrogens with one attached hydrogen (secondary N) is 1. The molecule has 3 N–H and O–H groups in total. The lowest BCUT2D eigenvalue weighted by Crippen LogP contribution is -2.29. The second-order valence-electron chi connectivity index (χ2n) is 4.27. The summed E-state index contributed by atoms with van der Waals surface area (Å²) in [6, 6.07) is 0. The molecule has 1 aromatic heterocycles. The molecule has 0 aliphatic heterocycles. The van der Waals surface area contributed by atoms with Crippen LogP contribution in [0.3, 0.4) is 0 Å². The number of nitrogens with zero attached hydrogens (tertiary/aromatic N) is 2. The van der Waals surface area contributed by atoms with E-state index in [4.69, 9.17) is 5.73 Å². The van der Waals surface area contributed by atoms with Gasteiger partial charge >= 0.3 is 0 Å².